The minimum atomic E-state index is -5.96. The van der Waals surface area contributed by atoms with Gasteiger partial charge in [-0.1, -0.05) is 170 Å². The Labute approximate surface area is 531 Å². The number of nitrogens with two attached hydrogens (primary N) is 2. The predicted octanol–water partition coefficient (Wildman–Crippen LogP) is 14.7. The number of nitro benzene ring substituents is 2. The zero-order valence-electron chi connectivity index (χ0n) is 49.0. The third-order valence-corrected chi connectivity index (χ3v) is 14.7. The molecule has 0 aliphatic rings. The predicted molar refractivity (Wildman–Crippen MR) is 338 cm³/mol. The molecule has 2 amide bonds. The molecule has 0 saturated heterocycles. The molecule has 0 bridgehead atoms. The van der Waals surface area contributed by atoms with Gasteiger partial charge in [0.15, 0.2) is 0 Å². The highest BCUT2D eigenvalue weighted by Crippen LogP contribution is 2.60. The van der Waals surface area contributed by atoms with Crippen molar-refractivity contribution in [1.82, 2.24) is 0 Å². The van der Waals surface area contributed by atoms with Crippen LogP contribution in [0.15, 0.2) is 243 Å². The van der Waals surface area contributed by atoms with Gasteiger partial charge in [-0.05, 0) is 105 Å². The van der Waals surface area contributed by atoms with E-state index in [0.29, 0.717) is 36.6 Å². The van der Waals surface area contributed by atoms with E-state index in [0.717, 1.165) is 18.2 Å². The maximum Gasteiger partial charge on any atom is 0.411 e. The molecular formula is C70H54F6N6O12. The third-order valence-electron chi connectivity index (χ3n) is 14.7. The molecule has 0 saturated carbocycles. The average molecular weight is 1290 g/mol. The fourth-order valence-corrected chi connectivity index (χ4v) is 10.2. The Hall–Kier alpha value is -12.0. The molecule has 0 aromatic heterocycles. The van der Waals surface area contributed by atoms with Crippen molar-refractivity contribution in [2.24, 2.45) is 11.5 Å². The van der Waals surface area contributed by atoms with Gasteiger partial charge in [-0.15, -0.1) is 0 Å². The van der Waals surface area contributed by atoms with Gasteiger partial charge in [-0.2, -0.15) is 26.3 Å². The number of halogens is 6. The minimum absolute atomic E-state index is 0.0244. The Bertz CT molecular complexity index is 4270. The Morgan fingerprint density at radius 3 is 1.33 bits per heavy atom. The third kappa shape index (κ3) is 15.2. The first-order valence-electron chi connectivity index (χ1n) is 28.0. The molecule has 94 heavy (non-hydrogen) atoms. The SMILES string of the molecule is NC(N)(c1ccccc1)c1cccc(C(=O)OCc2ccccc2[N+](=O)[O-])c1C(=O)OCc1ccccc1[N+](=O)[O-].O=CNc1ccc(-c2c(O)ccc(C(c3ccc(O)cc3)(C(F)(F)F)C(F)(F)F)c2-c2ccc(NC=O)cc2)cc1.c1ccc(-c2ccccc2)cc1. The largest absolute Gasteiger partial charge is 0.508 e. The summed E-state index contributed by atoms with van der Waals surface area (Å²) < 4.78 is 101. The van der Waals surface area contributed by atoms with Gasteiger partial charge in [0.05, 0.1) is 32.1 Å². The Kier molecular flexibility index (Phi) is 21.5. The van der Waals surface area contributed by atoms with Crippen LogP contribution in [0.5, 0.6) is 11.5 Å². The van der Waals surface area contributed by atoms with E-state index < -0.39 is 86.6 Å². The van der Waals surface area contributed by atoms with Crippen LogP contribution in [-0.4, -0.2) is 57.2 Å². The lowest BCUT2D eigenvalue weighted by Gasteiger charge is -2.40. The molecule has 0 unspecified atom stereocenters. The Balaban J connectivity index is 0.000000204. The molecule has 8 N–H and O–H groups in total. The Morgan fingerprint density at radius 1 is 0.457 bits per heavy atom. The minimum Gasteiger partial charge on any atom is -0.508 e. The van der Waals surface area contributed by atoms with Crippen LogP contribution in [0, 0.1) is 20.2 Å². The van der Waals surface area contributed by atoms with Crippen LogP contribution in [0.25, 0.3) is 33.4 Å². The van der Waals surface area contributed by atoms with E-state index >= 15 is 26.3 Å². The van der Waals surface area contributed by atoms with Crippen LogP contribution in [0.3, 0.4) is 0 Å². The summed E-state index contributed by atoms with van der Waals surface area (Å²) in [4.78, 5) is 70.0. The molecule has 0 aliphatic carbocycles. The number of nitrogens with zero attached hydrogens (tertiary/aromatic N) is 2. The second kappa shape index (κ2) is 29.7. The summed E-state index contributed by atoms with van der Waals surface area (Å²) in [6.45, 7) is -0.942. The van der Waals surface area contributed by atoms with Gasteiger partial charge in [0, 0.05) is 34.6 Å². The molecule has 10 rings (SSSR count). The van der Waals surface area contributed by atoms with Crippen molar-refractivity contribution in [3.05, 3.63) is 307 Å². The number of carbonyl (C=O) groups is 4. The monoisotopic (exact) mass is 1280 g/mol. The smallest absolute Gasteiger partial charge is 0.411 e. The van der Waals surface area contributed by atoms with Gasteiger partial charge >= 0.3 is 24.3 Å². The van der Waals surface area contributed by atoms with Crippen LogP contribution in [0.4, 0.5) is 49.1 Å². The quantitative estimate of drug-likeness (QED) is 0.0110. The number of phenolic OH excluding ortho intramolecular Hbond substituents is 2. The van der Waals surface area contributed by atoms with Crippen LogP contribution in [0.2, 0.25) is 0 Å². The van der Waals surface area contributed by atoms with Gasteiger partial charge in [-0.25, -0.2) is 9.59 Å². The van der Waals surface area contributed by atoms with Crippen molar-refractivity contribution in [2.75, 3.05) is 10.6 Å². The van der Waals surface area contributed by atoms with Crippen molar-refractivity contribution in [1.29, 1.82) is 0 Å². The molecule has 0 heterocycles. The number of nitro groups is 2. The summed E-state index contributed by atoms with van der Waals surface area (Å²) in [5, 5.41) is 48.0. The number of carbonyl (C=O) groups excluding carboxylic acids is 4. The molecular weight excluding hydrogens is 1230 g/mol. The number of rotatable bonds is 19. The van der Waals surface area contributed by atoms with Gasteiger partial charge in [0.2, 0.25) is 18.2 Å². The lowest BCUT2D eigenvalue weighted by Crippen LogP contribution is -2.55. The van der Waals surface area contributed by atoms with Gasteiger partial charge < -0.3 is 41.8 Å². The normalized spacial score (nSPS) is 11.3. The molecule has 0 atom stereocenters. The van der Waals surface area contributed by atoms with Crippen molar-refractivity contribution in [3.8, 4) is 44.9 Å². The first-order valence-corrected chi connectivity index (χ1v) is 28.0. The average Bonchev–Trinajstić information content (AvgIpc) is 0.704. The molecule has 478 valence electrons. The van der Waals surface area contributed by atoms with Crippen LogP contribution >= 0.6 is 0 Å². The lowest BCUT2D eigenvalue weighted by atomic mass is 9.69. The highest BCUT2D eigenvalue weighted by atomic mass is 19.4. The number of para-hydroxylation sites is 2. The summed E-state index contributed by atoms with van der Waals surface area (Å²) in [6, 6.07) is 59.1. The summed E-state index contributed by atoms with van der Waals surface area (Å²) in [7, 11) is 0. The van der Waals surface area contributed by atoms with Gasteiger partial charge in [0.1, 0.15) is 30.4 Å². The molecule has 24 heteroatoms. The number of hydrogen-bond acceptors (Lipinski definition) is 14. The number of esters is 2. The van der Waals surface area contributed by atoms with Crippen LogP contribution < -0.4 is 22.1 Å². The van der Waals surface area contributed by atoms with Crippen molar-refractivity contribution in [3.63, 3.8) is 0 Å². The first-order chi connectivity index (χ1) is 44.9. The number of nitrogens with one attached hydrogen (secondary N) is 2. The molecule has 0 aliphatic heterocycles. The topological polar surface area (TPSA) is 290 Å². The number of aromatic hydroxyl groups is 2. The van der Waals surface area contributed by atoms with Crippen molar-refractivity contribution in [2.45, 2.75) is 36.6 Å². The second-order valence-electron chi connectivity index (χ2n) is 20.5. The fraction of sp³-hybridized carbons (Fsp3) is 0.0857. The van der Waals surface area contributed by atoms with Crippen molar-refractivity contribution >= 4 is 47.5 Å². The maximum atomic E-state index is 15.0. The maximum absolute atomic E-state index is 15.0. The molecule has 10 aromatic rings. The summed E-state index contributed by atoms with van der Waals surface area (Å²) in [6.07, 6.45) is -11.2. The zero-order chi connectivity index (χ0) is 67.8. The fourth-order valence-electron chi connectivity index (χ4n) is 10.2. The van der Waals surface area contributed by atoms with Crippen molar-refractivity contribution < 1.29 is 75.1 Å². The number of alkyl halides is 6. The Morgan fingerprint density at radius 2 is 0.883 bits per heavy atom. The van der Waals surface area contributed by atoms with E-state index in [9.17, 15) is 49.6 Å². The molecule has 0 radical (unpaired) electrons. The standard InChI is InChI=1S/C29H20F6N2O4.C29H24N4O8.C12H10/c30-28(31,32)27(29(33,34)35,19-5-11-22(40)12-6-19)23-13-14-24(41)26(18-3-9-21(10-4-18)37-16-39)25(23)17-1-7-20(8-2-17)36-15-38;30-29(31,21-11-2-1-3-12-21)23-14-8-13-22(27(34)40-17-19-9-4-6-15-24(19)32(36)37)26(23)28(35)41-18-20-10-5-7-16-25(20)33(38)39;1-3-7-11(8-4-1)12-9-5-2-6-10-12/h1-16,40-41H,(H,36,38)(H,37,39);1-16H,17-18,30-31H2;1-10H. The number of ether oxygens (including phenoxy) is 2. The summed E-state index contributed by atoms with van der Waals surface area (Å²) in [5.74, 6) is -3.18. The number of amides is 2. The van der Waals surface area contributed by atoms with Crippen LogP contribution in [0.1, 0.15) is 54.1 Å². The van der Waals surface area contributed by atoms with E-state index in [2.05, 4.69) is 59.2 Å². The number of anilines is 2. The zero-order valence-corrected chi connectivity index (χ0v) is 49.0. The highest BCUT2D eigenvalue weighted by Gasteiger charge is 2.73. The number of hydrogen-bond donors (Lipinski definition) is 6. The van der Waals surface area contributed by atoms with E-state index in [1.165, 1.54) is 114 Å². The van der Waals surface area contributed by atoms with E-state index in [-0.39, 0.29) is 67.3 Å². The first kappa shape index (κ1) is 67.9. The highest BCUT2D eigenvalue weighted by molar-refractivity contribution is 6.04. The number of benzene rings is 10. The molecule has 0 spiro atoms. The molecule has 18 nitrogen and oxygen atoms in total. The number of phenols is 2. The summed E-state index contributed by atoms with van der Waals surface area (Å²) in [5.41, 5.74) is 5.87. The molecule has 10 aromatic carbocycles. The van der Waals surface area contributed by atoms with E-state index in [1.807, 2.05) is 12.1 Å². The second-order valence-corrected chi connectivity index (χ2v) is 20.5. The van der Waals surface area contributed by atoms with Gasteiger partial charge in [0.25, 0.3) is 11.4 Å². The van der Waals surface area contributed by atoms with Gasteiger partial charge in [-0.3, -0.25) is 29.8 Å². The van der Waals surface area contributed by atoms with Crippen LogP contribution in [-0.2, 0) is 43.4 Å². The van der Waals surface area contributed by atoms with E-state index in [4.69, 9.17) is 20.9 Å². The van der Waals surface area contributed by atoms with E-state index in [1.54, 1.807) is 42.5 Å². The summed E-state index contributed by atoms with van der Waals surface area (Å²) >= 11 is 0. The molecule has 0 fully saturated rings. The lowest BCUT2D eigenvalue weighted by molar-refractivity contribution is -0.386.